The van der Waals surface area contributed by atoms with Gasteiger partial charge in [-0.3, -0.25) is 4.90 Å². The van der Waals surface area contributed by atoms with Crippen molar-refractivity contribution in [1.29, 1.82) is 0 Å². The lowest BCUT2D eigenvalue weighted by Gasteiger charge is -2.41. The maximum atomic E-state index is 10.2. The molecule has 1 unspecified atom stereocenters. The molecule has 2 aliphatic rings. The molecule has 0 saturated heterocycles. The highest BCUT2D eigenvalue weighted by atomic mass is 16.5. The Labute approximate surface area is 225 Å². The third kappa shape index (κ3) is 4.42. The second-order valence-electron chi connectivity index (χ2n) is 9.98. The molecule has 200 valence electrons. The van der Waals surface area contributed by atoms with Crippen molar-refractivity contribution >= 4 is 10.9 Å². The standard InChI is InChI=1S/C31H34N2O4.CH4/c1-4-20-5-7-21(8-6-20)18-37-31-16-24-22(13-30(31)36-3)11-12-32-17-29-26(15-28(24)32)25-14-23(35-2)9-10-27(25)33(29)19-34;/h5-10,13-14,16,28,34H,4,11-12,15,17-19H2,1-3H3;1H4. The number of aromatic nitrogens is 1. The molecule has 0 aliphatic carbocycles. The average Bonchev–Trinajstić information content (AvgIpc) is 3.26. The van der Waals surface area contributed by atoms with Gasteiger partial charge in [-0.2, -0.15) is 0 Å². The number of methoxy groups -OCH3 is 2. The van der Waals surface area contributed by atoms with Crippen LogP contribution in [0.5, 0.6) is 17.2 Å². The average molecular weight is 515 g/mol. The fourth-order valence-corrected chi connectivity index (χ4v) is 6.03. The minimum atomic E-state index is -0.0261. The van der Waals surface area contributed by atoms with Gasteiger partial charge in [-0.05, 0) is 77.4 Å². The van der Waals surface area contributed by atoms with Gasteiger partial charge in [0.1, 0.15) is 19.1 Å². The number of aryl methyl sites for hydroxylation is 1. The van der Waals surface area contributed by atoms with E-state index in [2.05, 4.69) is 60.4 Å². The summed E-state index contributed by atoms with van der Waals surface area (Å²) in [4.78, 5) is 2.53. The van der Waals surface area contributed by atoms with Crippen LogP contribution in [0.3, 0.4) is 0 Å². The summed E-state index contributed by atoms with van der Waals surface area (Å²) in [6.07, 6.45) is 2.87. The fourth-order valence-electron chi connectivity index (χ4n) is 6.03. The lowest BCUT2D eigenvalue weighted by Crippen LogP contribution is -2.39. The van der Waals surface area contributed by atoms with Crippen LogP contribution in [0.4, 0.5) is 0 Å². The zero-order valence-electron chi connectivity index (χ0n) is 21.8. The minimum absolute atomic E-state index is 0. The summed E-state index contributed by atoms with van der Waals surface area (Å²) in [6.45, 7) is 4.42. The molecular formula is C32H38N2O4. The van der Waals surface area contributed by atoms with Gasteiger partial charge in [-0.25, -0.2) is 0 Å². The number of hydrogen-bond acceptors (Lipinski definition) is 5. The number of nitrogens with zero attached hydrogens (tertiary/aromatic N) is 2. The molecule has 3 heterocycles. The van der Waals surface area contributed by atoms with Gasteiger partial charge in [-0.15, -0.1) is 0 Å². The van der Waals surface area contributed by atoms with E-state index < -0.39 is 0 Å². The third-order valence-electron chi connectivity index (χ3n) is 8.10. The van der Waals surface area contributed by atoms with Gasteiger partial charge < -0.3 is 23.9 Å². The Morgan fingerprint density at radius 1 is 0.947 bits per heavy atom. The zero-order chi connectivity index (χ0) is 25.5. The monoisotopic (exact) mass is 514 g/mol. The van der Waals surface area contributed by atoms with Crippen molar-refractivity contribution in [2.24, 2.45) is 0 Å². The van der Waals surface area contributed by atoms with Gasteiger partial charge >= 0.3 is 0 Å². The van der Waals surface area contributed by atoms with Crippen LogP contribution in [0.25, 0.3) is 10.9 Å². The predicted molar refractivity (Wildman–Crippen MR) is 151 cm³/mol. The molecule has 6 heteroatoms. The highest BCUT2D eigenvalue weighted by Gasteiger charge is 2.36. The van der Waals surface area contributed by atoms with E-state index >= 15 is 0 Å². The Hall–Kier alpha value is -3.48. The summed E-state index contributed by atoms with van der Waals surface area (Å²) in [5.74, 6) is 2.41. The lowest BCUT2D eigenvalue weighted by molar-refractivity contribution is 0.145. The van der Waals surface area contributed by atoms with Crippen LogP contribution < -0.4 is 14.2 Å². The number of fused-ring (bicyclic) bond motifs is 6. The smallest absolute Gasteiger partial charge is 0.162 e. The van der Waals surface area contributed by atoms with Gasteiger partial charge in [0.25, 0.3) is 0 Å². The summed E-state index contributed by atoms with van der Waals surface area (Å²) in [5, 5.41) is 11.4. The zero-order valence-corrected chi connectivity index (χ0v) is 21.8. The Kier molecular flexibility index (Phi) is 7.37. The van der Waals surface area contributed by atoms with E-state index in [-0.39, 0.29) is 20.2 Å². The molecular weight excluding hydrogens is 476 g/mol. The number of hydrogen-bond donors (Lipinski definition) is 1. The Morgan fingerprint density at radius 2 is 1.74 bits per heavy atom. The van der Waals surface area contributed by atoms with Crippen molar-refractivity contribution in [1.82, 2.24) is 9.47 Å². The van der Waals surface area contributed by atoms with E-state index in [4.69, 9.17) is 14.2 Å². The fraction of sp³-hybridized carbons (Fsp3) is 0.375. The third-order valence-corrected chi connectivity index (χ3v) is 8.10. The molecule has 1 atom stereocenters. The summed E-state index contributed by atoms with van der Waals surface area (Å²) < 4.78 is 19.6. The molecule has 0 bridgehead atoms. The molecule has 3 aromatic carbocycles. The normalized spacial score (nSPS) is 16.3. The topological polar surface area (TPSA) is 56.1 Å². The number of aliphatic hydroxyl groups is 1. The van der Waals surface area contributed by atoms with Crippen LogP contribution in [-0.4, -0.2) is 35.3 Å². The van der Waals surface area contributed by atoms with E-state index in [1.807, 2.05) is 10.6 Å². The highest BCUT2D eigenvalue weighted by molar-refractivity contribution is 5.87. The number of benzene rings is 3. The summed E-state index contributed by atoms with van der Waals surface area (Å²) in [7, 11) is 3.41. The summed E-state index contributed by atoms with van der Waals surface area (Å²) >= 11 is 0. The molecule has 0 saturated carbocycles. The van der Waals surface area contributed by atoms with Crippen LogP contribution in [0.2, 0.25) is 0 Å². The van der Waals surface area contributed by atoms with Gasteiger partial charge in [0.15, 0.2) is 11.5 Å². The molecule has 6 nitrogen and oxygen atoms in total. The first-order valence-electron chi connectivity index (χ1n) is 13.1. The van der Waals surface area contributed by atoms with Crippen LogP contribution in [0.1, 0.15) is 53.9 Å². The van der Waals surface area contributed by atoms with E-state index in [1.165, 1.54) is 27.9 Å². The Morgan fingerprint density at radius 3 is 2.45 bits per heavy atom. The first kappa shape index (κ1) is 26.1. The maximum absolute atomic E-state index is 10.2. The molecule has 4 aromatic rings. The number of ether oxygens (including phenoxy) is 3. The predicted octanol–water partition coefficient (Wildman–Crippen LogP) is 6.04. The first-order valence-corrected chi connectivity index (χ1v) is 13.1. The van der Waals surface area contributed by atoms with Crippen molar-refractivity contribution in [3.05, 3.63) is 88.1 Å². The van der Waals surface area contributed by atoms with Crippen molar-refractivity contribution < 1.29 is 19.3 Å². The van der Waals surface area contributed by atoms with Crippen molar-refractivity contribution in [3.63, 3.8) is 0 Å². The largest absolute Gasteiger partial charge is 0.497 e. The van der Waals surface area contributed by atoms with Crippen LogP contribution in [0, 0.1) is 0 Å². The molecule has 1 aromatic heterocycles. The van der Waals surface area contributed by atoms with Gasteiger partial charge in [0.2, 0.25) is 0 Å². The van der Waals surface area contributed by atoms with E-state index in [9.17, 15) is 5.11 Å². The molecule has 38 heavy (non-hydrogen) atoms. The molecule has 6 rings (SSSR count). The number of rotatable bonds is 7. The molecule has 1 N–H and O–H groups in total. The van der Waals surface area contributed by atoms with Crippen LogP contribution in [0.15, 0.2) is 54.6 Å². The van der Waals surface area contributed by atoms with Crippen molar-refractivity contribution in [3.8, 4) is 17.2 Å². The second kappa shape index (κ2) is 10.7. The molecule has 0 spiro atoms. The van der Waals surface area contributed by atoms with Gasteiger partial charge in [0, 0.05) is 30.2 Å². The molecule has 2 aliphatic heterocycles. The Bertz CT molecular complexity index is 1440. The summed E-state index contributed by atoms with van der Waals surface area (Å²) in [5.41, 5.74) is 8.66. The lowest BCUT2D eigenvalue weighted by atomic mass is 9.85. The molecule has 0 amide bonds. The van der Waals surface area contributed by atoms with E-state index in [1.54, 1.807) is 14.2 Å². The maximum Gasteiger partial charge on any atom is 0.162 e. The quantitative estimate of drug-likeness (QED) is 0.326. The first-order chi connectivity index (χ1) is 18.1. The van der Waals surface area contributed by atoms with Crippen molar-refractivity contribution in [2.45, 2.75) is 59.5 Å². The van der Waals surface area contributed by atoms with Crippen LogP contribution in [-0.2, 0) is 39.1 Å². The summed E-state index contributed by atoms with van der Waals surface area (Å²) in [6, 6.07) is 19.3. The van der Waals surface area contributed by atoms with Crippen LogP contribution >= 0.6 is 0 Å². The second-order valence-corrected chi connectivity index (χ2v) is 9.98. The number of aliphatic hydroxyl groups excluding tert-OH is 1. The molecule has 0 fully saturated rings. The SMILES string of the molecule is C.CCc1ccc(COc2cc3c(cc2OC)CCN2Cc4c(c5cc(OC)ccc5n4CO)CC32)cc1. The van der Waals surface area contributed by atoms with Gasteiger partial charge in [0.05, 0.1) is 19.7 Å². The van der Waals surface area contributed by atoms with E-state index in [0.717, 1.165) is 66.1 Å². The van der Waals surface area contributed by atoms with Gasteiger partial charge in [-0.1, -0.05) is 38.6 Å². The Balaban J connectivity index is 0.00000294. The minimum Gasteiger partial charge on any atom is -0.497 e. The van der Waals surface area contributed by atoms with Crippen molar-refractivity contribution in [2.75, 3.05) is 20.8 Å². The molecule has 0 radical (unpaired) electrons. The van der Waals surface area contributed by atoms with E-state index in [0.29, 0.717) is 6.61 Å². The highest BCUT2D eigenvalue weighted by Crippen LogP contribution is 2.45.